The van der Waals surface area contributed by atoms with E-state index in [1.807, 2.05) is 36.4 Å². The summed E-state index contributed by atoms with van der Waals surface area (Å²) < 4.78 is 5.25. The molecular formula is C25H29N5O2S. The van der Waals surface area contributed by atoms with Crippen LogP contribution in [0.4, 0.5) is 17.2 Å². The monoisotopic (exact) mass is 463 g/mol. The zero-order valence-corrected chi connectivity index (χ0v) is 19.8. The number of anilines is 3. The van der Waals surface area contributed by atoms with E-state index >= 15 is 0 Å². The molecule has 2 aromatic carbocycles. The standard InChI is InChI=1S/C25H29N5O2S/c1-3-19-5-4-6-20(15-19)28-24(31)17-33-25-16-23(26-18-27-25)30-13-11-29(12-14-30)21-7-9-22(32-2)10-8-21/h4-10,15-16,18H,3,11-14,17H2,1-2H3,(H,28,31). The van der Waals surface area contributed by atoms with Gasteiger partial charge >= 0.3 is 0 Å². The van der Waals surface area contributed by atoms with Crippen molar-refractivity contribution in [3.05, 3.63) is 66.5 Å². The average Bonchev–Trinajstić information content (AvgIpc) is 2.88. The highest BCUT2D eigenvalue weighted by atomic mass is 32.2. The first-order valence-electron chi connectivity index (χ1n) is 11.1. The molecule has 0 bridgehead atoms. The van der Waals surface area contributed by atoms with Crippen LogP contribution in [0.1, 0.15) is 12.5 Å². The number of piperazine rings is 1. The third kappa shape index (κ3) is 6.16. The van der Waals surface area contributed by atoms with Gasteiger partial charge in [0, 0.05) is 43.6 Å². The fourth-order valence-electron chi connectivity index (χ4n) is 3.77. The van der Waals surface area contributed by atoms with E-state index in [0.29, 0.717) is 5.75 Å². The molecule has 1 saturated heterocycles. The number of aryl methyl sites for hydroxylation is 1. The number of nitrogens with one attached hydrogen (secondary N) is 1. The van der Waals surface area contributed by atoms with Crippen molar-refractivity contribution < 1.29 is 9.53 Å². The number of amides is 1. The fraction of sp³-hybridized carbons (Fsp3) is 0.320. The Morgan fingerprint density at radius 1 is 1.03 bits per heavy atom. The highest BCUT2D eigenvalue weighted by Gasteiger charge is 2.19. The van der Waals surface area contributed by atoms with E-state index in [1.54, 1.807) is 13.4 Å². The molecular weight excluding hydrogens is 434 g/mol. The van der Waals surface area contributed by atoms with Gasteiger partial charge in [0.1, 0.15) is 22.9 Å². The van der Waals surface area contributed by atoms with Gasteiger partial charge in [0.2, 0.25) is 5.91 Å². The number of ether oxygens (including phenoxy) is 1. The molecule has 1 aromatic heterocycles. The lowest BCUT2D eigenvalue weighted by molar-refractivity contribution is -0.113. The first kappa shape index (κ1) is 22.9. The number of carbonyl (C=O) groups is 1. The molecule has 8 heteroatoms. The minimum absolute atomic E-state index is 0.0403. The zero-order chi connectivity index (χ0) is 23.0. The van der Waals surface area contributed by atoms with Gasteiger partial charge in [-0.3, -0.25) is 4.79 Å². The molecule has 7 nitrogen and oxygen atoms in total. The molecule has 0 saturated carbocycles. The summed E-state index contributed by atoms with van der Waals surface area (Å²) in [6.07, 6.45) is 2.52. The van der Waals surface area contributed by atoms with Crippen LogP contribution in [0.2, 0.25) is 0 Å². The Morgan fingerprint density at radius 3 is 2.52 bits per heavy atom. The topological polar surface area (TPSA) is 70.6 Å². The Hall–Kier alpha value is -3.26. The Labute approximate surface area is 199 Å². The lowest BCUT2D eigenvalue weighted by Crippen LogP contribution is -2.46. The van der Waals surface area contributed by atoms with Crippen LogP contribution < -0.4 is 19.9 Å². The van der Waals surface area contributed by atoms with E-state index in [4.69, 9.17) is 4.74 Å². The maximum atomic E-state index is 12.4. The lowest BCUT2D eigenvalue weighted by Gasteiger charge is -2.36. The first-order valence-corrected chi connectivity index (χ1v) is 12.1. The van der Waals surface area contributed by atoms with E-state index in [1.165, 1.54) is 23.0 Å². The van der Waals surface area contributed by atoms with Crippen molar-refractivity contribution in [2.24, 2.45) is 0 Å². The number of hydrogen-bond acceptors (Lipinski definition) is 7. The predicted molar refractivity (Wildman–Crippen MR) is 135 cm³/mol. The molecule has 0 aliphatic carbocycles. The van der Waals surface area contributed by atoms with Crippen LogP contribution in [0.15, 0.2) is 66.0 Å². The molecule has 0 radical (unpaired) electrons. The van der Waals surface area contributed by atoms with Crippen LogP contribution >= 0.6 is 11.8 Å². The highest BCUT2D eigenvalue weighted by molar-refractivity contribution is 7.99. The van der Waals surface area contributed by atoms with Gasteiger partial charge in [0.05, 0.1) is 12.9 Å². The molecule has 3 aromatic rings. The SMILES string of the molecule is CCc1cccc(NC(=O)CSc2cc(N3CCN(c4ccc(OC)cc4)CC3)ncn2)c1. The number of nitrogens with zero attached hydrogens (tertiary/aromatic N) is 4. The quantitative estimate of drug-likeness (QED) is 0.398. The molecule has 172 valence electrons. The van der Waals surface area contributed by atoms with Gasteiger partial charge in [0.25, 0.3) is 0 Å². The highest BCUT2D eigenvalue weighted by Crippen LogP contribution is 2.24. The van der Waals surface area contributed by atoms with E-state index in [0.717, 1.165) is 54.9 Å². The Balaban J connectivity index is 1.29. The zero-order valence-electron chi connectivity index (χ0n) is 19.0. The van der Waals surface area contributed by atoms with Gasteiger partial charge in [-0.1, -0.05) is 30.8 Å². The summed E-state index contributed by atoms with van der Waals surface area (Å²) in [5.74, 6) is 2.03. The minimum atomic E-state index is -0.0403. The van der Waals surface area contributed by atoms with Gasteiger partial charge in [0.15, 0.2) is 0 Å². The third-order valence-electron chi connectivity index (χ3n) is 5.64. The number of methoxy groups -OCH3 is 1. The normalized spacial score (nSPS) is 13.6. The summed E-state index contributed by atoms with van der Waals surface area (Å²) in [5, 5.41) is 3.77. The Morgan fingerprint density at radius 2 is 1.79 bits per heavy atom. The van der Waals surface area contributed by atoms with E-state index in [2.05, 4.69) is 50.2 Å². The van der Waals surface area contributed by atoms with Crippen LogP contribution in [0.3, 0.4) is 0 Å². The van der Waals surface area contributed by atoms with Crippen LogP contribution in [-0.4, -0.2) is 54.9 Å². The summed E-state index contributed by atoms with van der Waals surface area (Å²) in [7, 11) is 1.68. The third-order valence-corrected chi connectivity index (χ3v) is 6.56. The molecule has 1 fully saturated rings. The van der Waals surface area contributed by atoms with Gasteiger partial charge in [-0.05, 0) is 48.4 Å². The van der Waals surface area contributed by atoms with Crippen molar-refractivity contribution >= 4 is 34.9 Å². The minimum Gasteiger partial charge on any atom is -0.497 e. The molecule has 0 spiro atoms. The summed E-state index contributed by atoms with van der Waals surface area (Å²) in [6, 6.07) is 18.1. The second kappa shape index (κ2) is 11.0. The molecule has 2 heterocycles. The van der Waals surface area contributed by atoms with Gasteiger partial charge in [-0.15, -0.1) is 0 Å². The molecule has 1 aliphatic rings. The van der Waals surface area contributed by atoms with Crippen molar-refractivity contribution in [3.8, 4) is 5.75 Å². The van der Waals surface area contributed by atoms with E-state index < -0.39 is 0 Å². The van der Waals surface area contributed by atoms with Crippen LogP contribution in [-0.2, 0) is 11.2 Å². The fourth-order valence-corrected chi connectivity index (χ4v) is 4.44. The number of carbonyl (C=O) groups excluding carboxylic acids is 1. The smallest absolute Gasteiger partial charge is 0.234 e. The predicted octanol–water partition coefficient (Wildman–Crippen LogP) is 4.11. The van der Waals surface area contributed by atoms with Gasteiger partial charge in [-0.25, -0.2) is 9.97 Å². The first-order chi connectivity index (χ1) is 16.1. The molecule has 33 heavy (non-hydrogen) atoms. The number of hydrogen-bond donors (Lipinski definition) is 1. The summed E-state index contributed by atoms with van der Waals surface area (Å²) in [4.78, 5) is 25.8. The van der Waals surface area contributed by atoms with Crippen molar-refractivity contribution in [3.63, 3.8) is 0 Å². The van der Waals surface area contributed by atoms with Crippen LogP contribution in [0, 0.1) is 0 Å². The van der Waals surface area contributed by atoms with E-state index in [9.17, 15) is 4.79 Å². The molecule has 0 unspecified atom stereocenters. The summed E-state index contributed by atoms with van der Waals surface area (Å²) in [6.45, 7) is 5.68. The molecule has 1 N–H and O–H groups in total. The van der Waals surface area contributed by atoms with Crippen molar-refractivity contribution in [2.75, 3.05) is 54.2 Å². The maximum absolute atomic E-state index is 12.4. The van der Waals surface area contributed by atoms with E-state index in [-0.39, 0.29) is 5.91 Å². The number of aromatic nitrogens is 2. The van der Waals surface area contributed by atoms with Gasteiger partial charge in [-0.2, -0.15) is 0 Å². The second-order valence-corrected chi connectivity index (χ2v) is 8.77. The largest absolute Gasteiger partial charge is 0.497 e. The number of thioether (sulfide) groups is 1. The summed E-state index contributed by atoms with van der Waals surface area (Å²) >= 11 is 1.42. The Kier molecular flexibility index (Phi) is 7.67. The summed E-state index contributed by atoms with van der Waals surface area (Å²) in [5.41, 5.74) is 3.23. The van der Waals surface area contributed by atoms with Crippen molar-refractivity contribution in [1.82, 2.24) is 9.97 Å². The van der Waals surface area contributed by atoms with Crippen molar-refractivity contribution in [1.29, 1.82) is 0 Å². The van der Waals surface area contributed by atoms with Crippen LogP contribution in [0.5, 0.6) is 5.75 Å². The Bertz CT molecular complexity index is 1070. The molecule has 1 amide bonds. The maximum Gasteiger partial charge on any atom is 0.234 e. The van der Waals surface area contributed by atoms with Gasteiger partial charge < -0.3 is 19.9 Å². The average molecular weight is 464 g/mol. The second-order valence-electron chi connectivity index (χ2n) is 7.78. The lowest BCUT2D eigenvalue weighted by atomic mass is 10.1. The molecule has 4 rings (SSSR count). The van der Waals surface area contributed by atoms with Crippen molar-refractivity contribution in [2.45, 2.75) is 18.4 Å². The number of benzene rings is 2. The molecule has 1 aliphatic heterocycles. The molecule has 0 atom stereocenters. The van der Waals surface area contributed by atoms with Crippen LogP contribution in [0.25, 0.3) is 0 Å². The number of rotatable bonds is 8.